The van der Waals surface area contributed by atoms with E-state index in [0.29, 0.717) is 19.5 Å². The Hall–Kier alpha value is -2.62. The quantitative estimate of drug-likeness (QED) is 0.838. The average Bonchev–Trinajstić information content (AvgIpc) is 2.60. The molecule has 1 atom stereocenters. The molecule has 0 fully saturated rings. The summed E-state index contributed by atoms with van der Waals surface area (Å²) in [5.74, 6) is -0.0699. The first kappa shape index (κ1) is 18.7. The molecule has 0 radical (unpaired) electrons. The van der Waals surface area contributed by atoms with Gasteiger partial charge in [0.05, 0.1) is 6.04 Å². The lowest BCUT2D eigenvalue weighted by Gasteiger charge is -2.22. The maximum Gasteiger partial charge on any atom is 0.222 e. The Morgan fingerprint density at radius 3 is 2.32 bits per heavy atom. The number of aryl methyl sites for hydroxylation is 1. The Kier molecular flexibility index (Phi) is 6.75. The van der Waals surface area contributed by atoms with Crippen LogP contribution in [0.5, 0.6) is 0 Å². The third-order valence-corrected chi connectivity index (χ3v) is 4.35. The van der Waals surface area contributed by atoms with Crippen LogP contribution in [0.15, 0.2) is 54.6 Å². The molecule has 25 heavy (non-hydrogen) atoms. The molecule has 0 heterocycles. The van der Waals surface area contributed by atoms with Gasteiger partial charge in [-0.1, -0.05) is 54.6 Å². The second kappa shape index (κ2) is 9.02. The normalized spacial score (nSPS) is 11.6. The zero-order valence-corrected chi connectivity index (χ0v) is 15.2. The number of hydrogen-bond acceptors (Lipinski definition) is 2. The zero-order valence-electron chi connectivity index (χ0n) is 15.2. The van der Waals surface area contributed by atoms with Crippen LogP contribution in [-0.4, -0.2) is 23.3 Å². The molecule has 0 bridgehead atoms. The molecule has 0 saturated carbocycles. The molecule has 2 aromatic rings. The summed E-state index contributed by atoms with van der Waals surface area (Å²) >= 11 is 0. The Morgan fingerprint density at radius 2 is 1.68 bits per heavy atom. The lowest BCUT2D eigenvalue weighted by atomic mass is 10.1. The van der Waals surface area contributed by atoms with Crippen molar-refractivity contribution in [1.29, 1.82) is 0 Å². The van der Waals surface area contributed by atoms with Crippen LogP contribution in [0.1, 0.15) is 43.0 Å². The fraction of sp³-hybridized carbons (Fsp3) is 0.333. The minimum absolute atomic E-state index is 0.0211. The van der Waals surface area contributed by atoms with E-state index in [1.807, 2.05) is 68.4 Å². The van der Waals surface area contributed by atoms with Crippen LogP contribution in [0.2, 0.25) is 0 Å². The summed E-state index contributed by atoms with van der Waals surface area (Å²) in [5.41, 5.74) is 3.32. The Bertz CT molecular complexity index is 713. The van der Waals surface area contributed by atoms with Crippen LogP contribution >= 0.6 is 0 Å². The topological polar surface area (TPSA) is 49.4 Å². The lowest BCUT2D eigenvalue weighted by Crippen LogP contribution is -2.34. The van der Waals surface area contributed by atoms with Gasteiger partial charge >= 0.3 is 0 Å². The number of nitrogens with one attached hydrogen (secondary N) is 1. The standard InChI is InChI=1S/C21H26N2O2/c1-16-9-7-8-12-20(16)15-23(18(3)24)14-13-21(25)22-17(2)19-10-5-4-6-11-19/h4-12,17H,13-15H2,1-3H3,(H,22,25). The van der Waals surface area contributed by atoms with Gasteiger partial charge in [0.1, 0.15) is 0 Å². The van der Waals surface area contributed by atoms with Crippen molar-refractivity contribution < 1.29 is 9.59 Å². The maximum absolute atomic E-state index is 12.2. The molecule has 132 valence electrons. The second-order valence-electron chi connectivity index (χ2n) is 6.32. The fourth-order valence-corrected chi connectivity index (χ4v) is 2.72. The summed E-state index contributed by atoms with van der Waals surface area (Å²) in [4.78, 5) is 25.9. The number of carbonyl (C=O) groups excluding carboxylic acids is 2. The molecule has 0 aliphatic heterocycles. The Balaban J connectivity index is 1.89. The molecule has 2 rings (SSSR count). The fourth-order valence-electron chi connectivity index (χ4n) is 2.72. The second-order valence-corrected chi connectivity index (χ2v) is 6.32. The summed E-state index contributed by atoms with van der Waals surface area (Å²) in [6, 6.07) is 17.8. The summed E-state index contributed by atoms with van der Waals surface area (Å²) in [7, 11) is 0. The number of hydrogen-bond donors (Lipinski definition) is 1. The van der Waals surface area contributed by atoms with Gasteiger partial charge in [0.15, 0.2) is 0 Å². The molecular weight excluding hydrogens is 312 g/mol. The van der Waals surface area contributed by atoms with E-state index in [4.69, 9.17) is 0 Å². The smallest absolute Gasteiger partial charge is 0.222 e. The number of nitrogens with zero attached hydrogens (tertiary/aromatic N) is 1. The van der Waals surface area contributed by atoms with Gasteiger partial charge in [-0.2, -0.15) is 0 Å². The highest BCUT2D eigenvalue weighted by Crippen LogP contribution is 2.13. The van der Waals surface area contributed by atoms with Crippen LogP contribution in [0.3, 0.4) is 0 Å². The van der Waals surface area contributed by atoms with Gasteiger partial charge < -0.3 is 10.2 Å². The van der Waals surface area contributed by atoms with Crippen molar-refractivity contribution in [1.82, 2.24) is 10.2 Å². The van der Waals surface area contributed by atoms with Crippen LogP contribution in [-0.2, 0) is 16.1 Å². The van der Waals surface area contributed by atoms with Gasteiger partial charge in [-0.05, 0) is 30.5 Å². The van der Waals surface area contributed by atoms with E-state index in [9.17, 15) is 9.59 Å². The summed E-state index contributed by atoms with van der Waals surface area (Å²) < 4.78 is 0. The van der Waals surface area contributed by atoms with E-state index < -0.39 is 0 Å². The predicted molar refractivity (Wildman–Crippen MR) is 99.9 cm³/mol. The highest BCUT2D eigenvalue weighted by Gasteiger charge is 2.14. The molecule has 4 nitrogen and oxygen atoms in total. The van der Waals surface area contributed by atoms with Crippen molar-refractivity contribution in [2.75, 3.05) is 6.54 Å². The van der Waals surface area contributed by atoms with E-state index >= 15 is 0 Å². The minimum atomic E-state index is -0.0487. The first-order valence-corrected chi connectivity index (χ1v) is 8.61. The molecule has 2 aromatic carbocycles. The van der Waals surface area contributed by atoms with Gasteiger partial charge in [0.2, 0.25) is 11.8 Å². The van der Waals surface area contributed by atoms with Gasteiger partial charge in [-0.15, -0.1) is 0 Å². The molecular formula is C21H26N2O2. The van der Waals surface area contributed by atoms with E-state index in [-0.39, 0.29) is 17.9 Å². The molecule has 0 aliphatic rings. The average molecular weight is 338 g/mol. The SMILES string of the molecule is CC(=O)N(CCC(=O)NC(C)c1ccccc1)Cc1ccccc1C. The Morgan fingerprint density at radius 1 is 1.04 bits per heavy atom. The maximum atomic E-state index is 12.2. The van der Waals surface area contributed by atoms with Gasteiger partial charge in [0.25, 0.3) is 0 Å². The van der Waals surface area contributed by atoms with E-state index in [1.54, 1.807) is 11.8 Å². The van der Waals surface area contributed by atoms with Crippen LogP contribution < -0.4 is 5.32 Å². The molecule has 1 unspecified atom stereocenters. The van der Waals surface area contributed by atoms with Gasteiger partial charge in [0, 0.05) is 26.4 Å². The van der Waals surface area contributed by atoms with Crippen molar-refractivity contribution in [2.45, 2.75) is 39.8 Å². The van der Waals surface area contributed by atoms with Crippen LogP contribution in [0.4, 0.5) is 0 Å². The first-order chi connectivity index (χ1) is 12.0. The summed E-state index contributed by atoms with van der Waals surface area (Å²) in [6.07, 6.45) is 0.294. The van der Waals surface area contributed by atoms with Crippen molar-refractivity contribution in [3.63, 3.8) is 0 Å². The lowest BCUT2D eigenvalue weighted by molar-refractivity contribution is -0.130. The van der Waals surface area contributed by atoms with Gasteiger partial charge in [-0.3, -0.25) is 9.59 Å². The molecule has 0 spiro atoms. The molecule has 2 amide bonds. The summed E-state index contributed by atoms with van der Waals surface area (Å²) in [5, 5.41) is 2.99. The third kappa shape index (κ3) is 5.75. The third-order valence-electron chi connectivity index (χ3n) is 4.35. The predicted octanol–water partition coefficient (Wildman–Crippen LogP) is 3.61. The molecule has 0 aromatic heterocycles. The van der Waals surface area contributed by atoms with E-state index in [1.165, 1.54) is 0 Å². The molecule has 0 aliphatic carbocycles. The van der Waals surface area contributed by atoms with E-state index in [2.05, 4.69) is 5.32 Å². The number of rotatable bonds is 7. The van der Waals surface area contributed by atoms with Crippen molar-refractivity contribution in [2.24, 2.45) is 0 Å². The highest BCUT2D eigenvalue weighted by molar-refractivity contribution is 5.78. The molecule has 1 N–H and O–H groups in total. The van der Waals surface area contributed by atoms with Crippen molar-refractivity contribution >= 4 is 11.8 Å². The van der Waals surface area contributed by atoms with E-state index in [0.717, 1.165) is 16.7 Å². The molecule has 4 heteroatoms. The molecule has 0 saturated heterocycles. The van der Waals surface area contributed by atoms with Gasteiger partial charge in [-0.25, -0.2) is 0 Å². The van der Waals surface area contributed by atoms with Crippen molar-refractivity contribution in [3.05, 3.63) is 71.3 Å². The van der Waals surface area contributed by atoms with Crippen LogP contribution in [0, 0.1) is 6.92 Å². The van der Waals surface area contributed by atoms with Crippen molar-refractivity contribution in [3.8, 4) is 0 Å². The number of amides is 2. The highest BCUT2D eigenvalue weighted by atomic mass is 16.2. The monoisotopic (exact) mass is 338 g/mol. The largest absolute Gasteiger partial charge is 0.350 e. The summed E-state index contributed by atoms with van der Waals surface area (Å²) in [6.45, 7) is 6.48. The minimum Gasteiger partial charge on any atom is -0.350 e. The number of benzene rings is 2. The van der Waals surface area contributed by atoms with Crippen LogP contribution in [0.25, 0.3) is 0 Å². The number of carbonyl (C=O) groups is 2. The zero-order chi connectivity index (χ0) is 18.2. The first-order valence-electron chi connectivity index (χ1n) is 8.61. The Labute approximate surface area is 149 Å².